The summed E-state index contributed by atoms with van der Waals surface area (Å²) in [5, 5.41) is 18.1. The summed E-state index contributed by atoms with van der Waals surface area (Å²) >= 11 is 0. The summed E-state index contributed by atoms with van der Waals surface area (Å²) < 4.78 is 5.41. The van der Waals surface area contributed by atoms with Crippen LogP contribution >= 0.6 is 0 Å². The predicted molar refractivity (Wildman–Crippen MR) is 75.3 cm³/mol. The third-order valence-electron chi connectivity index (χ3n) is 2.17. The maximum absolute atomic E-state index is 11.4. The van der Waals surface area contributed by atoms with Gasteiger partial charge < -0.3 is 15.6 Å². The first-order chi connectivity index (χ1) is 10.3. The number of carbonyl (C=O) groups is 1. The minimum atomic E-state index is -1.16. The lowest BCUT2D eigenvalue weighted by atomic mass is 10.3. The number of nitrogens with one attached hydrogen (secondary N) is 1. The molecule has 1 heterocycles. The van der Waals surface area contributed by atoms with Crippen LogP contribution in [0.15, 0.2) is 15.8 Å². The number of aliphatic hydroxyl groups is 1. The summed E-state index contributed by atoms with van der Waals surface area (Å²) in [6.45, 7) is 3.30. The second kappa shape index (κ2) is 9.41. The van der Waals surface area contributed by atoms with E-state index in [1.165, 1.54) is 0 Å². The third-order valence-corrected chi connectivity index (χ3v) is 2.17. The van der Waals surface area contributed by atoms with Gasteiger partial charge in [0.1, 0.15) is 6.04 Å². The molecule has 0 spiro atoms. The standard InChI is InChI=1S/C9H12N4O6.C2H6O/c1-2-19-8(15)5(10)3-12-4-6(13(17)18)7(14)11-9(12)16;1-2-3/h4-5H,2-3,10H2,1H3,(H,11,14,16);3H,2H2,1H3. The zero-order valence-corrected chi connectivity index (χ0v) is 12.1. The zero-order chi connectivity index (χ0) is 17.3. The van der Waals surface area contributed by atoms with Crippen molar-refractivity contribution in [2.24, 2.45) is 5.73 Å². The Morgan fingerprint density at radius 2 is 2.09 bits per heavy atom. The lowest BCUT2D eigenvalue weighted by Gasteiger charge is -2.11. The molecule has 0 aliphatic heterocycles. The fourth-order valence-electron chi connectivity index (χ4n) is 1.30. The number of hydrogen-bond acceptors (Lipinski definition) is 8. The number of esters is 1. The molecule has 0 saturated carbocycles. The summed E-state index contributed by atoms with van der Waals surface area (Å²) in [5.74, 6) is -0.747. The van der Waals surface area contributed by atoms with Gasteiger partial charge in [0.15, 0.2) is 0 Å². The Morgan fingerprint density at radius 1 is 1.55 bits per heavy atom. The average Bonchev–Trinajstić information content (AvgIpc) is 2.42. The molecule has 1 aromatic heterocycles. The molecule has 0 saturated heterocycles. The second-order valence-corrected chi connectivity index (χ2v) is 3.86. The highest BCUT2D eigenvalue weighted by Gasteiger charge is 2.19. The number of nitrogens with two attached hydrogens (primary N) is 1. The van der Waals surface area contributed by atoms with Crippen molar-refractivity contribution in [3.63, 3.8) is 0 Å². The van der Waals surface area contributed by atoms with E-state index < -0.39 is 33.9 Å². The number of aliphatic hydroxyl groups excluding tert-OH is 1. The number of carbonyl (C=O) groups excluding carboxylic acids is 1. The van der Waals surface area contributed by atoms with Gasteiger partial charge >= 0.3 is 22.9 Å². The van der Waals surface area contributed by atoms with E-state index in [1.54, 1.807) is 18.8 Å². The van der Waals surface area contributed by atoms with E-state index in [0.717, 1.165) is 10.8 Å². The first kappa shape index (κ1) is 19.5. The topological polar surface area (TPSA) is 171 Å². The molecule has 22 heavy (non-hydrogen) atoms. The van der Waals surface area contributed by atoms with Crippen molar-refractivity contribution in [1.29, 1.82) is 0 Å². The summed E-state index contributed by atoms with van der Waals surface area (Å²) in [5.41, 5.74) is 2.65. The van der Waals surface area contributed by atoms with Crippen LogP contribution in [0.4, 0.5) is 5.69 Å². The highest BCUT2D eigenvalue weighted by Crippen LogP contribution is 2.00. The van der Waals surface area contributed by atoms with Crippen LogP contribution in [0.5, 0.6) is 0 Å². The third kappa shape index (κ3) is 5.85. The Kier molecular flexibility index (Phi) is 8.33. The number of nitrogens with zero attached hydrogens (tertiary/aromatic N) is 2. The number of aromatic nitrogens is 2. The molecule has 0 radical (unpaired) electrons. The van der Waals surface area contributed by atoms with Gasteiger partial charge in [-0.15, -0.1) is 0 Å². The Morgan fingerprint density at radius 3 is 2.55 bits per heavy atom. The van der Waals surface area contributed by atoms with Gasteiger partial charge in [-0.2, -0.15) is 0 Å². The van der Waals surface area contributed by atoms with Crippen molar-refractivity contribution < 1.29 is 19.6 Å². The Balaban J connectivity index is 0.00000135. The number of ether oxygens (including phenoxy) is 1. The van der Waals surface area contributed by atoms with Crippen molar-refractivity contribution in [2.75, 3.05) is 13.2 Å². The van der Waals surface area contributed by atoms with Crippen LogP contribution in [0.3, 0.4) is 0 Å². The fraction of sp³-hybridized carbons (Fsp3) is 0.545. The molecule has 0 fully saturated rings. The van der Waals surface area contributed by atoms with E-state index in [2.05, 4.69) is 4.74 Å². The molecule has 124 valence electrons. The second-order valence-electron chi connectivity index (χ2n) is 3.86. The van der Waals surface area contributed by atoms with Gasteiger partial charge in [0.25, 0.3) is 0 Å². The predicted octanol–water partition coefficient (Wildman–Crippen LogP) is -1.67. The molecule has 0 aliphatic rings. The summed E-state index contributed by atoms with van der Waals surface area (Å²) in [6.07, 6.45) is 0.736. The number of nitro groups is 1. The molecule has 1 rings (SSSR count). The summed E-state index contributed by atoms with van der Waals surface area (Å²) in [6, 6.07) is -1.16. The molecule has 0 bridgehead atoms. The SMILES string of the molecule is CCO.CCOC(=O)C(N)Cn1cc([N+](=O)[O-])c(=O)[nH]c1=O. The van der Waals surface area contributed by atoms with Gasteiger partial charge in [-0.3, -0.25) is 29.3 Å². The number of hydrogen-bond donors (Lipinski definition) is 3. The van der Waals surface area contributed by atoms with Crippen LogP contribution in [-0.4, -0.2) is 44.8 Å². The molecule has 1 aromatic rings. The molecule has 0 aromatic carbocycles. The van der Waals surface area contributed by atoms with Gasteiger partial charge in [0, 0.05) is 6.61 Å². The van der Waals surface area contributed by atoms with Crippen molar-refractivity contribution in [3.8, 4) is 0 Å². The van der Waals surface area contributed by atoms with Crippen molar-refractivity contribution in [2.45, 2.75) is 26.4 Å². The van der Waals surface area contributed by atoms with Crippen LogP contribution in [0.1, 0.15) is 13.8 Å². The van der Waals surface area contributed by atoms with Crippen molar-refractivity contribution in [3.05, 3.63) is 37.1 Å². The smallest absolute Gasteiger partial charge is 0.350 e. The van der Waals surface area contributed by atoms with Crippen molar-refractivity contribution in [1.82, 2.24) is 9.55 Å². The molecule has 0 amide bonds. The van der Waals surface area contributed by atoms with E-state index >= 15 is 0 Å². The first-order valence-electron chi connectivity index (χ1n) is 6.29. The normalized spacial score (nSPS) is 11.1. The number of rotatable bonds is 5. The van der Waals surface area contributed by atoms with E-state index in [4.69, 9.17) is 10.8 Å². The lowest BCUT2D eigenvalue weighted by Crippen LogP contribution is -2.41. The van der Waals surface area contributed by atoms with Crippen LogP contribution < -0.4 is 17.0 Å². The Labute approximate surface area is 124 Å². The molecule has 4 N–H and O–H groups in total. The lowest BCUT2D eigenvalue weighted by molar-refractivity contribution is -0.386. The molecule has 1 unspecified atom stereocenters. The van der Waals surface area contributed by atoms with Gasteiger partial charge in [-0.1, -0.05) is 0 Å². The Bertz CT molecular complexity index is 622. The van der Waals surface area contributed by atoms with Crippen LogP contribution in [0, 0.1) is 10.1 Å². The summed E-state index contributed by atoms with van der Waals surface area (Å²) in [4.78, 5) is 45.2. The maximum atomic E-state index is 11.4. The van der Waals surface area contributed by atoms with E-state index in [0.29, 0.717) is 0 Å². The molecule has 11 nitrogen and oxygen atoms in total. The van der Waals surface area contributed by atoms with E-state index in [-0.39, 0.29) is 19.8 Å². The monoisotopic (exact) mass is 318 g/mol. The van der Waals surface area contributed by atoms with Gasteiger partial charge in [0.2, 0.25) is 0 Å². The minimum Gasteiger partial charge on any atom is -0.465 e. The van der Waals surface area contributed by atoms with Gasteiger partial charge in [-0.25, -0.2) is 4.79 Å². The largest absolute Gasteiger partial charge is 0.465 e. The number of aromatic amines is 1. The maximum Gasteiger partial charge on any atom is 0.350 e. The molecular weight excluding hydrogens is 300 g/mol. The summed E-state index contributed by atoms with van der Waals surface area (Å²) in [7, 11) is 0. The fourth-order valence-corrected chi connectivity index (χ4v) is 1.30. The van der Waals surface area contributed by atoms with E-state index in [1.807, 2.05) is 0 Å². The van der Waals surface area contributed by atoms with Crippen molar-refractivity contribution >= 4 is 11.7 Å². The van der Waals surface area contributed by atoms with Gasteiger partial charge in [-0.05, 0) is 13.8 Å². The average molecular weight is 318 g/mol. The molecule has 11 heteroatoms. The molecule has 0 aliphatic carbocycles. The van der Waals surface area contributed by atoms with Crippen LogP contribution in [0.25, 0.3) is 0 Å². The quantitative estimate of drug-likeness (QED) is 0.328. The minimum absolute atomic E-state index is 0.118. The highest BCUT2D eigenvalue weighted by molar-refractivity contribution is 5.75. The van der Waals surface area contributed by atoms with Crippen LogP contribution in [0.2, 0.25) is 0 Å². The van der Waals surface area contributed by atoms with Crippen LogP contribution in [-0.2, 0) is 16.1 Å². The highest BCUT2D eigenvalue weighted by atomic mass is 16.6. The van der Waals surface area contributed by atoms with E-state index in [9.17, 15) is 24.5 Å². The number of H-pyrrole nitrogens is 1. The first-order valence-corrected chi connectivity index (χ1v) is 6.29. The molecular formula is C11H18N4O7. The zero-order valence-electron chi connectivity index (χ0n) is 12.1. The Hall–Kier alpha value is -2.53. The molecule has 1 atom stereocenters. The van der Waals surface area contributed by atoms with Gasteiger partial charge in [0.05, 0.1) is 24.3 Å².